The van der Waals surface area contributed by atoms with Crippen molar-refractivity contribution in [2.75, 3.05) is 13.1 Å². The second kappa shape index (κ2) is 6.18. The van der Waals surface area contributed by atoms with E-state index in [1.165, 1.54) is 0 Å². The first-order valence-corrected chi connectivity index (χ1v) is 4.96. The van der Waals surface area contributed by atoms with Crippen molar-refractivity contribution in [1.29, 1.82) is 0 Å². The molecule has 0 spiro atoms. The first kappa shape index (κ1) is 11.6. The van der Waals surface area contributed by atoms with Gasteiger partial charge in [-0.1, -0.05) is 13.8 Å². The van der Waals surface area contributed by atoms with Gasteiger partial charge < -0.3 is 0 Å². The van der Waals surface area contributed by atoms with Gasteiger partial charge in [0.1, 0.15) is 5.78 Å². The first-order chi connectivity index (χ1) is 5.70. The molecule has 2 heteroatoms. The van der Waals surface area contributed by atoms with Gasteiger partial charge in [-0.3, -0.25) is 9.69 Å². The fourth-order valence-corrected chi connectivity index (χ4v) is 1.30. The van der Waals surface area contributed by atoms with Crippen molar-refractivity contribution in [3.8, 4) is 0 Å². The molecule has 0 unspecified atom stereocenters. The molecule has 0 aromatic carbocycles. The van der Waals surface area contributed by atoms with Gasteiger partial charge in [0.2, 0.25) is 0 Å². The summed E-state index contributed by atoms with van der Waals surface area (Å²) in [5.74, 6) is 0.403. The number of rotatable bonds is 1. The summed E-state index contributed by atoms with van der Waals surface area (Å²) in [7, 11) is 0. The van der Waals surface area contributed by atoms with Crippen LogP contribution in [0.15, 0.2) is 0 Å². The quantitative estimate of drug-likeness (QED) is 0.602. The van der Waals surface area contributed by atoms with Gasteiger partial charge in [0.25, 0.3) is 0 Å². The van der Waals surface area contributed by atoms with Gasteiger partial charge in [-0.05, 0) is 26.8 Å². The maximum atomic E-state index is 10.9. The highest BCUT2D eigenvalue weighted by Crippen LogP contribution is 2.08. The van der Waals surface area contributed by atoms with Crippen molar-refractivity contribution in [3.63, 3.8) is 0 Å². The third-order valence-corrected chi connectivity index (χ3v) is 2.01. The normalized spacial score (nSPS) is 18.9. The highest BCUT2D eigenvalue weighted by atomic mass is 16.1. The lowest BCUT2D eigenvalue weighted by molar-refractivity contribution is -0.122. The molecule has 1 heterocycles. The van der Waals surface area contributed by atoms with E-state index >= 15 is 0 Å². The Bertz CT molecular complexity index is 132. The third kappa shape index (κ3) is 3.86. The average Bonchev–Trinajstić information content (AvgIpc) is 2.08. The Morgan fingerprint density at radius 1 is 1.33 bits per heavy atom. The third-order valence-electron chi connectivity index (χ3n) is 2.01. The van der Waals surface area contributed by atoms with Crippen LogP contribution in [0.3, 0.4) is 0 Å². The van der Waals surface area contributed by atoms with Crippen LogP contribution in [-0.2, 0) is 4.79 Å². The van der Waals surface area contributed by atoms with Crippen molar-refractivity contribution in [2.24, 2.45) is 0 Å². The minimum absolute atomic E-state index is 0.403. The van der Waals surface area contributed by atoms with Crippen molar-refractivity contribution in [3.05, 3.63) is 0 Å². The van der Waals surface area contributed by atoms with Crippen molar-refractivity contribution in [1.82, 2.24) is 4.90 Å². The molecule has 2 nitrogen and oxygen atoms in total. The Morgan fingerprint density at radius 2 is 1.92 bits per heavy atom. The Hall–Kier alpha value is -0.370. The van der Waals surface area contributed by atoms with Crippen molar-refractivity contribution < 1.29 is 4.79 Å². The molecule has 0 radical (unpaired) electrons. The van der Waals surface area contributed by atoms with E-state index in [1.807, 2.05) is 13.8 Å². The fourth-order valence-electron chi connectivity index (χ4n) is 1.30. The van der Waals surface area contributed by atoms with E-state index < -0.39 is 0 Å². The molecule has 0 aromatic heterocycles. The summed E-state index contributed by atoms with van der Waals surface area (Å²) in [5, 5.41) is 0. The highest BCUT2D eigenvalue weighted by Gasteiger charge is 2.18. The predicted octanol–water partition coefficient (Wildman–Crippen LogP) is 2.09. The topological polar surface area (TPSA) is 20.3 Å². The lowest BCUT2D eigenvalue weighted by Crippen LogP contribution is -2.40. The van der Waals surface area contributed by atoms with Crippen molar-refractivity contribution >= 4 is 5.78 Å². The van der Waals surface area contributed by atoms with E-state index in [0.29, 0.717) is 18.4 Å². The van der Waals surface area contributed by atoms with Crippen LogP contribution in [0.5, 0.6) is 0 Å². The molecule has 0 saturated carbocycles. The van der Waals surface area contributed by atoms with Gasteiger partial charge in [0.05, 0.1) is 6.54 Å². The lowest BCUT2D eigenvalue weighted by Gasteiger charge is -2.28. The maximum absolute atomic E-state index is 10.9. The minimum atomic E-state index is 0.403. The van der Waals surface area contributed by atoms with Gasteiger partial charge in [-0.25, -0.2) is 0 Å². The molecule has 1 saturated heterocycles. The second-order valence-corrected chi connectivity index (χ2v) is 3.21. The summed E-state index contributed by atoms with van der Waals surface area (Å²) in [6.07, 6.45) is 1.85. The van der Waals surface area contributed by atoms with E-state index in [2.05, 4.69) is 18.7 Å². The number of nitrogens with zero attached hydrogens (tertiary/aromatic N) is 1. The van der Waals surface area contributed by atoms with Gasteiger partial charge in [0, 0.05) is 12.5 Å². The highest BCUT2D eigenvalue weighted by molar-refractivity contribution is 5.81. The Kier molecular flexibility index (Phi) is 5.99. The number of ketones is 1. The molecular formula is C10H21NO. The summed E-state index contributed by atoms with van der Waals surface area (Å²) in [6.45, 7) is 10.1. The Morgan fingerprint density at radius 3 is 2.25 bits per heavy atom. The van der Waals surface area contributed by atoms with Gasteiger partial charge >= 0.3 is 0 Å². The molecule has 0 amide bonds. The number of hydrogen-bond donors (Lipinski definition) is 0. The van der Waals surface area contributed by atoms with Crippen LogP contribution in [0.1, 0.15) is 40.5 Å². The summed E-state index contributed by atoms with van der Waals surface area (Å²) >= 11 is 0. The summed E-state index contributed by atoms with van der Waals surface area (Å²) in [4.78, 5) is 13.2. The lowest BCUT2D eigenvalue weighted by atomic mass is 10.1. The van der Waals surface area contributed by atoms with Crippen molar-refractivity contribution in [2.45, 2.75) is 46.6 Å². The number of hydrogen-bond acceptors (Lipinski definition) is 2. The fraction of sp³-hybridized carbons (Fsp3) is 0.900. The Balaban J connectivity index is 0.000000561. The molecule has 12 heavy (non-hydrogen) atoms. The largest absolute Gasteiger partial charge is 0.298 e. The number of Topliss-reactive ketones (excluding diaryl/α,β-unsaturated/α-hetero) is 1. The molecule has 0 aromatic rings. The van der Waals surface area contributed by atoms with E-state index in [1.54, 1.807) is 0 Å². The standard InChI is InChI=1S/C8H15NO.C2H6/c1-7(2)9-5-3-4-8(10)6-9;1-2/h7H,3-6H2,1-2H3;1-2H3. The van der Waals surface area contributed by atoms with E-state index in [0.717, 1.165) is 19.4 Å². The number of carbonyl (C=O) groups excluding carboxylic acids is 1. The molecule has 1 aliphatic rings. The first-order valence-electron chi connectivity index (χ1n) is 4.96. The minimum Gasteiger partial charge on any atom is -0.298 e. The number of piperidine rings is 1. The summed E-state index contributed by atoms with van der Waals surface area (Å²) in [6, 6.07) is 0.532. The summed E-state index contributed by atoms with van der Waals surface area (Å²) in [5.41, 5.74) is 0. The van der Waals surface area contributed by atoms with Crippen LogP contribution in [0.25, 0.3) is 0 Å². The zero-order chi connectivity index (χ0) is 9.56. The van der Waals surface area contributed by atoms with E-state index in [4.69, 9.17) is 0 Å². The van der Waals surface area contributed by atoms with Gasteiger partial charge in [-0.2, -0.15) is 0 Å². The predicted molar refractivity (Wildman–Crippen MR) is 52.3 cm³/mol. The average molecular weight is 171 g/mol. The van der Waals surface area contributed by atoms with Crippen LogP contribution < -0.4 is 0 Å². The van der Waals surface area contributed by atoms with Gasteiger partial charge in [0.15, 0.2) is 0 Å². The van der Waals surface area contributed by atoms with E-state index in [-0.39, 0.29) is 0 Å². The molecule has 0 atom stereocenters. The van der Waals surface area contributed by atoms with Gasteiger partial charge in [-0.15, -0.1) is 0 Å². The van der Waals surface area contributed by atoms with Crippen LogP contribution >= 0.6 is 0 Å². The summed E-state index contributed by atoms with van der Waals surface area (Å²) < 4.78 is 0. The Labute approximate surface area is 75.9 Å². The number of likely N-dealkylation sites (tertiary alicyclic amines) is 1. The molecule has 0 N–H and O–H groups in total. The van der Waals surface area contributed by atoms with E-state index in [9.17, 15) is 4.79 Å². The molecular weight excluding hydrogens is 150 g/mol. The smallest absolute Gasteiger partial charge is 0.146 e. The SMILES string of the molecule is CC.CC(C)N1CCCC(=O)C1. The zero-order valence-corrected chi connectivity index (χ0v) is 8.76. The maximum Gasteiger partial charge on any atom is 0.146 e. The zero-order valence-electron chi connectivity index (χ0n) is 8.76. The monoisotopic (exact) mass is 171 g/mol. The van der Waals surface area contributed by atoms with Crippen LogP contribution in [0.2, 0.25) is 0 Å². The molecule has 1 aliphatic heterocycles. The van der Waals surface area contributed by atoms with Crippen LogP contribution in [0.4, 0.5) is 0 Å². The van der Waals surface area contributed by atoms with Crippen LogP contribution in [0, 0.1) is 0 Å². The molecule has 0 bridgehead atoms. The molecule has 1 rings (SSSR count). The molecule has 1 fully saturated rings. The van der Waals surface area contributed by atoms with Crippen LogP contribution in [-0.4, -0.2) is 29.8 Å². The number of carbonyl (C=O) groups is 1. The molecule has 0 aliphatic carbocycles. The second-order valence-electron chi connectivity index (χ2n) is 3.21. The molecule has 72 valence electrons.